The van der Waals surface area contributed by atoms with E-state index in [0.29, 0.717) is 62.5 Å². The Labute approximate surface area is 217 Å². The highest BCUT2D eigenvalue weighted by atomic mass is 35.5. The first-order valence-corrected chi connectivity index (χ1v) is 13.2. The molecule has 1 N–H and O–H groups in total. The minimum atomic E-state index is -3.49. The van der Waals surface area contributed by atoms with E-state index in [1.54, 1.807) is 24.3 Å². The zero-order valence-electron chi connectivity index (χ0n) is 19.1. The lowest BCUT2D eigenvalue weighted by Crippen LogP contribution is -2.41. The number of hydrogen-bond acceptors (Lipinski definition) is 7. The number of nitrogens with zero attached hydrogens (tertiary/aromatic N) is 4. The van der Waals surface area contributed by atoms with E-state index in [1.807, 2.05) is 0 Å². The van der Waals surface area contributed by atoms with Gasteiger partial charge in [0.2, 0.25) is 10.0 Å². The number of halogens is 2. The summed E-state index contributed by atoms with van der Waals surface area (Å²) in [5, 5.41) is 5.05. The van der Waals surface area contributed by atoms with Crippen molar-refractivity contribution in [1.29, 1.82) is 0 Å². The van der Waals surface area contributed by atoms with E-state index in [4.69, 9.17) is 32.7 Å². The number of piperidine rings is 1. The molecule has 2 aliphatic rings. The van der Waals surface area contributed by atoms with Crippen LogP contribution >= 0.6 is 23.2 Å². The smallest absolute Gasteiger partial charge is 0.332 e. The summed E-state index contributed by atoms with van der Waals surface area (Å²) < 4.78 is 37.5. The Hall–Kier alpha value is -3.12. The Morgan fingerprint density at radius 3 is 2.58 bits per heavy atom. The summed E-state index contributed by atoms with van der Waals surface area (Å²) in [6, 6.07) is 6.07. The van der Waals surface area contributed by atoms with E-state index in [9.17, 15) is 13.2 Å². The van der Waals surface area contributed by atoms with Crippen molar-refractivity contribution in [2.75, 3.05) is 30.4 Å². The van der Waals surface area contributed by atoms with Gasteiger partial charge in [-0.2, -0.15) is 4.31 Å². The largest absolute Gasteiger partial charge is 0.493 e. The Balaban J connectivity index is 1.55. The van der Waals surface area contributed by atoms with E-state index in [-0.39, 0.29) is 19.2 Å². The number of methoxy groups -OCH3 is 1. The second-order valence-corrected chi connectivity index (χ2v) is 10.9. The molecule has 3 heterocycles. The molecular weight excluding hydrogens is 529 g/mol. The SMILES string of the molecule is C=CS(=O)(=O)N1CCC(Oc2c(OC)cc3ncnc4c3c2NC(=O)N4c2ccc(Cl)c(Cl)c2)CC1. The monoisotopic (exact) mass is 549 g/mol. The van der Waals surface area contributed by atoms with Gasteiger partial charge >= 0.3 is 6.03 Å². The molecule has 13 heteroatoms. The normalized spacial score (nSPS) is 16.6. The number of ether oxygens (including phenoxy) is 2. The maximum absolute atomic E-state index is 13.3. The third-order valence-electron chi connectivity index (χ3n) is 6.11. The first kappa shape index (κ1) is 24.6. The van der Waals surface area contributed by atoms with E-state index < -0.39 is 16.1 Å². The molecule has 0 unspecified atom stereocenters. The van der Waals surface area contributed by atoms with Gasteiger partial charge in [0.1, 0.15) is 18.1 Å². The third kappa shape index (κ3) is 4.21. The quantitative estimate of drug-likeness (QED) is 0.462. The Kier molecular flexibility index (Phi) is 6.41. The molecule has 1 fully saturated rings. The second kappa shape index (κ2) is 9.40. The highest BCUT2D eigenvalue weighted by molar-refractivity contribution is 7.92. The number of sulfonamides is 1. The summed E-state index contributed by atoms with van der Waals surface area (Å²) in [4.78, 5) is 23.5. The zero-order valence-corrected chi connectivity index (χ0v) is 21.4. The molecule has 0 saturated carbocycles. The average molecular weight is 550 g/mol. The van der Waals surface area contributed by atoms with Crippen LogP contribution in [0.15, 0.2) is 42.6 Å². The zero-order chi connectivity index (χ0) is 25.6. The van der Waals surface area contributed by atoms with Crippen molar-refractivity contribution in [3.8, 4) is 11.5 Å². The maximum atomic E-state index is 13.3. The van der Waals surface area contributed by atoms with Gasteiger partial charge in [0, 0.05) is 24.6 Å². The van der Waals surface area contributed by atoms with Gasteiger partial charge in [0.25, 0.3) is 0 Å². The number of urea groups is 1. The lowest BCUT2D eigenvalue weighted by Gasteiger charge is -2.33. The van der Waals surface area contributed by atoms with Crippen LogP contribution in [0.3, 0.4) is 0 Å². The first-order chi connectivity index (χ1) is 17.2. The molecule has 188 valence electrons. The number of amides is 2. The number of nitrogens with one attached hydrogen (secondary N) is 1. The number of anilines is 3. The number of benzene rings is 2. The van der Waals surface area contributed by atoms with Gasteiger partial charge < -0.3 is 14.8 Å². The van der Waals surface area contributed by atoms with Crippen LogP contribution in [0.25, 0.3) is 10.9 Å². The van der Waals surface area contributed by atoms with Gasteiger partial charge in [-0.1, -0.05) is 29.8 Å². The van der Waals surface area contributed by atoms with Gasteiger partial charge in [-0.3, -0.25) is 0 Å². The van der Waals surface area contributed by atoms with Crippen LogP contribution < -0.4 is 19.7 Å². The highest BCUT2D eigenvalue weighted by Gasteiger charge is 2.34. The van der Waals surface area contributed by atoms with Crippen molar-refractivity contribution < 1.29 is 22.7 Å². The number of carbonyl (C=O) groups is 1. The maximum Gasteiger partial charge on any atom is 0.332 e. The molecule has 1 saturated heterocycles. The molecule has 0 radical (unpaired) electrons. The summed E-state index contributed by atoms with van der Waals surface area (Å²) in [6.45, 7) is 3.96. The van der Waals surface area contributed by atoms with Crippen molar-refractivity contribution in [1.82, 2.24) is 14.3 Å². The standard InChI is InChI=1S/C23H21Cl2N5O5S/c1-3-36(32,33)29-8-6-14(7-9-29)35-21-18(34-2)11-17-19-20(21)28-23(31)30(22(19)27-12-26-17)13-4-5-15(24)16(25)10-13/h3-5,10-12,14H,1,6-9H2,2H3,(H,28,31). The first-order valence-electron chi connectivity index (χ1n) is 10.9. The van der Waals surface area contributed by atoms with Gasteiger partial charge in [-0.15, -0.1) is 0 Å². The average Bonchev–Trinajstić information content (AvgIpc) is 2.87. The van der Waals surface area contributed by atoms with Crippen molar-refractivity contribution in [3.63, 3.8) is 0 Å². The van der Waals surface area contributed by atoms with Crippen LogP contribution in [-0.2, 0) is 10.0 Å². The van der Waals surface area contributed by atoms with E-state index in [2.05, 4.69) is 21.9 Å². The molecule has 2 aliphatic heterocycles. The predicted molar refractivity (Wildman–Crippen MR) is 138 cm³/mol. The molecule has 2 amide bonds. The molecular formula is C23H21Cl2N5O5S. The van der Waals surface area contributed by atoms with Crippen molar-refractivity contribution in [3.05, 3.63) is 52.6 Å². The Bertz CT molecular complexity index is 1490. The molecule has 0 aliphatic carbocycles. The lowest BCUT2D eigenvalue weighted by atomic mass is 10.1. The van der Waals surface area contributed by atoms with Gasteiger partial charge in [-0.25, -0.2) is 28.1 Å². The summed E-state index contributed by atoms with van der Waals surface area (Å²) in [6.07, 6.45) is 1.96. The summed E-state index contributed by atoms with van der Waals surface area (Å²) >= 11 is 12.3. The fourth-order valence-electron chi connectivity index (χ4n) is 4.32. The molecule has 0 spiro atoms. The molecule has 0 bridgehead atoms. The van der Waals surface area contributed by atoms with Crippen LogP contribution in [0.1, 0.15) is 12.8 Å². The van der Waals surface area contributed by atoms with Crippen molar-refractivity contribution in [2.45, 2.75) is 18.9 Å². The molecule has 1 aromatic heterocycles. The predicted octanol–water partition coefficient (Wildman–Crippen LogP) is 4.95. The van der Waals surface area contributed by atoms with Gasteiger partial charge in [-0.05, 0) is 31.0 Å². The molecule has 0 atom stereocenters. The molecule has 2 aromatic carbocycles. The van der Waals surface area contributed by atoms with Crippen LogP contribution in [0.4, 0.5) is 22.0 Å². The van der Waals surface area contributed by atoms with Crippen LogP contribution in [-0.4, -0.2) is 55.0 Å². The third-order valence-corrected chi connectivity index (χ3v) is 8.35. The minimum Gasteiger partial charge on any atom is -0.493 e. The van der Waals surface area contributed by atoms with Gasteiger partial charge in [0.05, 0.1) is 33.7 Å². The second-order valence-electron chi connectivity index (χ2n) is 8.17. The van der Waals surface area contributed by atoms with Crippen LogP contribution in [0, 0.1) is 0 Å². The van der Waals surface area contributed by atoms with E-state index >= 15 is 0 Å². The summed E-state index contributed by atoms with van der Waals surface area (Å²) in [7, 11) is -2.00. The minimum absolute atomic E-state index is 0.288. The molecule has 5 rings (SSSR count). The van der Waals surface area contributed by atoms with E-state index in [1.165, 1.54) is 22.6 Å². The van der Waals surface area contributed by atoms with Crippen molar-refractivity contribution in [2.24, 2.45) is 0 Å². The number of hydrogen-bond donors (Lipinski definition) is 1. The molecule has 3 aromatic rings. The van der Waals surface area contributed by atoms with Gasteiger partial charge in [0.15, 0.2) is 17.3 Å². The number of carbonyl (C=O) groups excluding carboxylic acids is 1. The van der Waals surface area contributed by atoms with E-state index in [0.717, 1.165) is 5.41 Å². The summed E-state index contributed by atoms with van der Waals surface area (Å²) in [5.41, 5.74) is 1.39. The fourth-order valence-corrected chi connectivity index (χ4v) is 5.54. The molecule has 10 nitrogen and oxygen atoms in total. The number of rotatable bonds is 6. The molecule has 36 heavy (non-hydrogen) atoms. The highest BCUT2D eigenvalue weighted by Crippen LogP contribution is 2.48. The fraction of sp³-hybridized carbons (Fsp3) is 0.261. The Morgan fingerprint density at radius 2 is 1.92 bits per heavy atom. The van der Waals surface area contributed by atoms with Crippen LogP contribution in [0.2, 0.25) is 10.0 Å². The van der Waals surface area contributed by atoms with Crippen molar-refractivity contribution >= 4 is 67.4 Å². The Morgan fingerprint density at radius 1 is 1.17 bits per heavy atom. The lowest BCUT2D eigenvalue weighted by molar-refractivity contribution is 0.132. The van der Waals surface area contributed by atoms with Crippen LogP contribution in [0.5, 0.6) is 11.5 Å². The number of aromatic nitrogens is 2. The topological polar surface area (TPSA) is 114 Å². The summed E-state index contributed by atoms with van der Waals surface area (Å²) in [5.74, 6) is 1.05.